The molecule has 0 bridgehead atoms. The number of aromatic amines is 1. The number of fused-ring (bicyclic) bond motifs is 3. The first-order valence-electron chi connectivity index (χ1n) is 10.5. The fraction of sp³-hybridized carbons (Fsp3) is 0.333. The number of benzene rings is 2. The van der Waals surface area contributed by atoms with E-state index in [0.29, 0.717) is 18.5 Å². The molecule has 3 aromatic rings. The van der Waals surface area contributed by atoms with E-state index in [1.165, 1.54) is 29.5 Å². The summed E-state index contributed by atoms with van der Waals surface area (Å²) in [5.41, 5.74) is 6.50. The van der Waals surface area contributed by atoms with Gasteiger partial charge in [0.05, 0.1) is 0 Å². The second kappa shape index (κ2) is 7.39. The van der Waals surface area contributed by atoms with Gasteiger partial charge in [0.1, 0.15) is 0 Å². The summed E-state index contributed by atoms with van der Waals surface area (Å²) in [6, 6.07) is 13.8. The summed E-state index contributed by atoms with van der Waals surface area (Å²) in [6.45, 7) is 1.26. The van der Waals surface area contributed by atoms with Crippen LogP contribution in [0.4, 0.5) is 5.69 Å². The van der Waals surface area contributed by atoms with Crippen molar-refractivity contribution in [3.05, 3.63) is 64.8 Å². The third-order valence-corrected chi connectivity index (χ3v) is 6.13. The Balaban J connectivity index is 1.27. The number of hydrogen-bond acceptors (Lipinski definition) is 2. The molecule has 0 spiro atoms. The highest BCUT2D eigenvalue weighted by atomic mass is 16.2. The van der Waals surface area contributed by atoms with Gasteiger partial charge in [0, 0.05) is 47.4 Å². The van der Waals surface area contributed by atoms with Crippen LogP contribution in [0, 0.1) is 0 Å². The van der Waals surface area contributed by atoms with Crippen LogP contribution in [0.1, 0.15) is 52.9 Å². The van der Waals surface area contributed by atoms with E-state index in [2.05, 4.69) is 10.3 Å². The summed E-state index contributed by atoms with van der Waals surface area (Å²) in [7, 11) is 0. The maximum atomic E-state index is 12.7. The van der Waals surface area contributed by atoms with Gasteiger partial charge in [-0.15, -0.1) is 0 Å². The molecule has 148 valence electrons. The fourth-order valence-corrected chi connectivity index (χ4v) is 4.55. The van der Waals surface area contributed by atoms with Crippen molar-refractivity contribution in [1.82, 2.24) is 10.3 Å². The van der Waals surface area contributed by atoms with E-state index in [1.807, 2.05) is 47.4 Å². The number of H-pyrrole nitrogens is 1. The van der Waals surface area contributed by atoms with Crippen molar-refractivity contribution >= 4 is 28.4 Å². The van der Waals surface area contributed by atoms with Crippen LogP contribution in [0.15, 0.2) is 42.5 Å². The van der Waals surface area contributed by atoms with Crippen molar-refractivity contribution in [3.63, 3.8) is 0 Å². The Labute approximate surface area is 170 Å². The first-order chi connectivity index (χ1) is 14.2. The average molecular weight is 387 g/mol. The number of amides is 2. The number of hydrogen-bond donors (Lipinski definition) is 2. The number of aromatic nitrogens is 1. The Hall–Kier alpha value is -3.08. The Morgan fingerprint density at radius 2 is 1.83 bits per heavy atom. The molecule has 0 saturated carbocycles. The Bertz CT molecular complexity index is 1080. The van der Waals surface area contributed by atoms with E-state index in [9.17, 15) is 9.59 Å². The number of anilines is 1. The van der Waals surface area contributed by atoms with Crippen LogP contribution in [-0.2, 0) is 24.2 Å². The van der Waals surface area contributed by atoms with Gasteiger partial charge in [0.15, 0.2) is 0 Å². The average Bonchev–Trinajstić information content (AvgIpc) is 3.35. The maximum absolute atomic E-state index is 12.7. The minimum Gasteiger partial charge on any atom is -0.358 e. The number of nitrogens with one attached hydrogen (secondary N) is 2. The minimum atomic E-state index is -0.0588. The smallest absolute Gasteiger partial charge is 0.251 e. The summed E-state index contributed by atoms with van der Waals surface area (Å²) in [4.78, 5) is 29.9. The summed E-state index contributed by atoms with van der Waals surface area (Å²) in [6.07, 6.45) is 6.20. The lowest BCUT2D eigenvalue weighted by Crippen LogP contribution is -2.24. The van der Waals surface area contributed by atoms with E-state index in [4.69, 9.17) is 0 Å². The van der Waals surface area contributed by atoms with Crippen LogP contribution >= 0.6 is 0 Å². The van der Waals surface area contributed by atoms with Gasteiger partial charge in [0.25, 0.3) is 5.91 Å². The van der Waals surface area contributed by atoms with E-state index in [0.717, 1.165) is 42.6 Å². The van der Waals surface area contributed by atoms with E-state index in [-0.39, 0.29) is 11.8 Å². The summed E-state index contributed by atoms with van der Waals surface area (Å²) in [5, 5.41) is 4.21. The monoisotopic (exact) mass is 387 g/mol. The van der Waals surface area contributed by atoms with Crippen molar-refractivity contribution in [3.8, 4) is 0 Å². The van der Waals surface area contributed by atoms with Gasteiger partial charge in [-0.3, -0.25) is 9.59 Å². The third-order valence-electron chi connectivity index (χ3n) is 6.13. The molecule has 2 aromatic carbocycles. The van der Waals surface area contributed by atoms with E-state index in [1.54, 1.807) is 0 Å². The zero-order chi connectivity index (χ0) is 19.8. The van der Waals surface area contributed by atoms with Crippen molar-refractivity contribution in [2.75, 3.05) is 11.4 Å². The van der Waals surface area contributed by atoms with Crippen molar-refractivity contribution in [2.45, 2.75) is 45.1 Å². The molecule has 2 N–H and O–H groups in total. The molecule has 5 rings (SSSR count). The zero-order valence-corrected chi connectivity index (χ0v) is 16.5. The molecule has 1 fully saturated rings. The zero-order valence-electron chi connectivity index (χ0n) is 16.5. The first-order valence-corrected chi connectivity index (χ1v) is 10.5. The van der Waals surface area contributed by atoms with Crippen LogP contribution in [-0.4, -0.2) is 23.3 Å². The molecule has 2 aliphatic rings. The summed E-state index contributed by atoms with van der Waals surface area (Å²) < 4.78 is 0. The number of carbonyl (C=O) groups is 2. The SMILES string of the molecule is O=C(NCc1ccc(N2CCCC2=O)cc1)c1ccc2[nH]c3c(c2c1)CCCC3. The topological polar surface area (TPSA) is 65.2 Å². The predicted octanol–water partition coefficient (Wildman–Crippen LogP) is 4.10. The Kier molecular flexibility index (Phi) is 4.58. The van der Waals surface area contributed by atoms with Crippen molar-refractivity contribution in [1.29, 1.82) is 0 Å². The van der Waals surface area contributed by atoms with Crippen molar-refractivity contribution < 1.29 is 9.59 Å². The fourth-order valence-electron chi connectivity index (χ4n) is 4.55. The Morgan fingerprint density at radius 3 is 2.62 bits per heavy atom. The molecule has 0 atom stereocenters. The maximum Gasteiger partial charge on any atom is 0.251 e. The number of nitrogens with zero attached hydrogens (tertiary/aromatic N) is 1. The molecule has 0 unspecified atom stereocenters. The van der Waals surface area contributed by atoms with Gasteiger partial charge < -0.3 is 15.2 Å². The van der Waals surface area contributed by atoms with Crippen molar-refractivity contribution in [2.24, 2.45) is 0 Å². The summed E-state index contributed by atoms with van der Waals surface area (Å²) >= 11 is 0. The van der Waals surface area contributed by atoms with Gasteiger partial charge in [-0.1, -0.05) is 12.1 Å². The predicted molar refractivity (Wildman–Crippen MR) is 114 cm³/mol. The molecule has 1 aliphatic carbocycles. The lowest BCUT2D eigenvalue weighted by atomic mass is 9.95. The molecule has 1 saturated heterocycles. The molecular weight excluding hydrogens is 362 g/mol. The number of carbonyl (C=O) groups excluding carboxylic acids is 2. The van der Waals surface area contributed by atoms with Gasteiger partial charge in [-0.05, 0) is 73.6 Å². The second-order valence-electron chi connectivity index (χ2n) is 8.05. The molecule has 5 nitrogen and oxygen atoms in total. The lowest BCUT2D eigenvalue weighted by Gasteiger charge is -2.16. The first kappa shape index (κ1) is 18.0. The van der Waals surface area contributed by atoms with Crippen LogP contribution in [0.5, 0.6) is 0 Å². The van der Waals surface area contributed by atoms with Crippen LogP contribution < -0.4 is 10.2 Å². The molecule has 1 aliphatic heterocycles. The highest BCUT2D eigenvalue weighted by Gasteiger charge is 2.21. The normalized spacial score (nSPS) is 16.3. The quantitative estimate of drug-likeness (QED) is 0.708. The molecule has 29 heavy (non-hydrogen) atoms. The van der Waals surface area contributed by atoms with Crippen LogP contribution in [0.2, 0.25) is 0 Å². The molecule has 0 radical (unpaired) electrons. The number of aryl methyl sites for hydroxylation is 2. The third kappa shape index (κ3) is 3.41. The second-order valence-corrected chi connectivity index (χ2v) is 8.05. The van der Waals surface area contributed by atoms with Gasteiger partial charge in [-0.2, -0.15) is 0 Å². The van der Waals surface area contributed by atoms with Gasteiger partial charge in [0.2, 0.25) is 5.91 Å². The van der Waals surface area contributed by atoms with Gasteiger partial charge in [-0.25, -0.2) is 0 Å². The standard InChI is InChI=1S/C24H25N3O2/c28-23-6-3-13-27(23)18-10-7-16(8-11-18)15-25-24(29)17-9-12-22-20(14-17)19-4-1-2-5-21(19)26-22/h7-12,14,26H,1-6,13,15H2,(H,25,29). The summed E-state index contributed by atoms with van der Waals surface area (Å²) in [5.74, 6) is 0.129. The molecular formula is C24H25N3O2. The molecule has 5 heteroatoms. The molecule has 1 aromatic heterocycles. The van der Waals surface area contributed by atoms with E-state index >= 15 is 0 Å². The molecule has 2 heterocycles. The number of rotatable bonds is 4. The highest BCUT2D eigenvalue weighted by Crippen LogP contribution is 2.29. The highest BCUT2D eigenvalue weighted by molar-refractivity contribution is 5.99. The van der Waals surface area contributed by atoms with Crippen LogP contribution in [0.3, 0.4) is 0 Å². The minimum absolute atomic E-state index is 0.0588. The lowest BCUT2D eigenvalue weighted by molar-refractivity contribution is -0.117. The molecule has 2 amide bonds. The van der Waals surface area contributed by atoms with Crippen LogP contribution in [0.25, 0.3) is 10.9 Å². The van der Waals surface area contributed by atoms with Gasteiger partial charge >= 0.3 is 0 Å². The Morgan fingerprint density at radius 1 is 1.00 bits per heavy atom. The van der Waals surface area contributed by atoms with E-state index < -0.39 is 0 Å². The largest absolute Gasteiger partial charge is 0.358 e.